The predicted octanol–water partition coefficient (Wildman–Crippen LogP) is 1.35. The molecule has 1 fully saturated rings. The van der Waals surface area contributed by atoms with Crippen molar-refractivity contribution in [1.29, 1.82) is 0 Å². The third-order valence-electron chi connectivity index (χ3n) is 2.93. The molecule has 0 aromatic carbocycles. The van der Waals surface area contributed by atoms with Gasteiger partial charge in [0.05, 0.1) is 11.1 Å². The normalized spacial score (nSPS) is 24.6. The highest BCUT2D eigenvalue weighted by atomic mass is 32.2. The number of nitrogens with zero attached hydrogens (tertiary/aromatic N) is 1. The van der Waals surface area contributed by atoms with Crippen molar-refractivity contribution in [3.8, 4) is 0 Å². The van der Waals surface area contributed by atoms with Crippen molar-refractivity contribution in [3.63, 3.8) is 0 Å². The second-order valence-electron chi connectivity index (χ2n) is 4.27. The average molecular weight is 239 g/mol. The van der Waals surface area contributed by atoms with Crippen LogP contribution < -0.4 is 5.32 Å². The Morgan fingerprint density at radius 2 is 2.62 bits per heavy atom. The van der Waals surface area contributed by atoms with Crippen molar-refractivity contribution in [2.45, 2.75) is 30.9 Å². The first-order valence-electron chi connectivity index (χ1n) is 5.60. The molecule has 4 nitrogen and oxygen atoms in total. The van der Waals surface area contributed by atoms with E-state index in [1.165, 1.54) is 0 Å². The van der Waals surface area contributed by atoms with Crippen LogP contribution in [-0.4, -0.2) is 32.9 Å². The number of amides is 1. The van der Waals surface area contributed by atoms with Crippen molar-refractivity contribution in [2.24, 2.45) is 0 Å². The van der Waals surface area contributed by atoms with Crippen LogP contribution in [0.15, 0.2) is 12.5 Å². The Hall–Kier alpha value is -0.970. The molecule has 2 N–H and O–H groups in total. The van der Waals surface area contributed by atoms with E-state index in [4.69, 9.17) is 0 Å². The fraction of sp³-hybridized carbons (Fsp3) is 0.636. The second kappa shape index (κ2) is 4.91. The zero-order valence-electron chi connectivity index (χ0n) is 9.45. The van der Waals surface area contributed by atoms with Gasteiger partial charge >= 0.3 is 0 Å². The smallest absolute Gasteiger partial charge is 0.235 e. The van der Waals surface area contributed by atoms with Crippen LogP contribution in [0.5, 0.6) is 0 Å². The number of H-pyrrole nitrogens is 1. The number of carbonyl (C=O) groups is 1. The molecule has 1 aliphatic heterocycles. The maximum Gasteiger partial charge on any atom is 0.235 e. The summed E-state index contributed by atoms with van der Waals surface area (Å²) in [6.07, 6.45) is 6.40. The van der Waals surface area contributed by atoms with Gasteiger partial charge in [0.15, 0.2) is 0 Å². The Bertz CT molecular complexity index is 344. The lowest BCUT2D eigenvalue weighted by Gasteiger charge is -2.21. The highest BCUT2D eigenvalue weighted by molar-refractivity contribution is 8.01. The quantitative estimate of drug-likeness (QED) is 0.834. The van der Waals surface area contributed by atoms with Gasteiger partial charge < -0.3 is 10.3 Å². The van der Waals surface area contributed by atoms with E-state index < -0.39 is 0 Å². The van der Waals surface area contributed by atoms with Gasteiger partial charge in [0, 0.05) is 24.9 Å². The summed E-state index contributed by atoms with van der Waals surface area (Å²) in [6, 6.07) is 0. The van der Waals surface area contributed by atoms with Crippen LogP contribution in [0.4, 0.5) is 0 Å². The molecule has 2 rings (SSSR count). The van der Waals surface area contributed by atoms with Gasteiger partial charge in [0.1, 0.15) is 0 Å². The first kappa shape index (κ1) is 11.5. The molecule has 2 heterocycles. The highest BCUT2D eigenvalue weighted by Gasteiger charge is 2.36. The summed E-state index contributed by atoms with van der Waals surface area (Å²) in [6.45, 7) is 2.72. The number of hydrogen-bond acceptors (Lipinski definition) is 3. The molecule has 1 aliphatic rings. The van der Waals surface area contributed by atoms with Gasteiger partial charge in [-0.05, 0) is 25.5 Å². The molecule has 88 valence electrons. The van der Waals surface area contributed by atoms with Crippen LogP contribution >= 0.6 is 11.8 Å². The summed E-state index contributed by atoms with van der Waals surface area (Å²) in [4.78, 5) is 18.9. The predicted molar refractivity (Wildman–Crippen MR) is 65.4 cm³/mol. The molecule has 16 heavy (non-hydrogen) atoms. The molecule has 1 aromatic heterocycles. The Kier molecular flexibility index (Phi) is 3.53. The Morgan fingerprint density at radius 1 is 1.75 bits per heavy atom. The van der Waals surface area contributed by atoms with E-state index in [1.807, 2.05) is 6.92 Å². The first-order chi connectivity index (χ1) is 7.71. The molecule has 0 aliphatic carbocycles. The lowest BCUT2D eigenvalue weighted by Crippen LogP contribution is -2.41. The SMILES string of the molecule is CC1(C(=O)NCCc2cnc[nH]2)CCCS1. The molecule has 1 saturated heterocycles. The minimum absolute atomic E-state index is 0.175. The first-order valence-corrected chi connectivity index (χ1v) is 6.59. The third kappa shape index (κ3) is 2.58. The molecule has 0 saturated carbocycles. The van der Waals surface area contributed by atoms with E-state index in [9.17, 15) is 4.79 Å². The van der Waals surface area contributed by atoms with E-state index in [0.717, 1.165) is 30.7 Å². The molecule has 5 heteroatoms. The van der Waals surface area contributed by atoms with E-state index in [1.54, 1.807) is 24.3 Å². The summed E-state index contributed by atoms with van der Waals surface area (Å²) < 4.78 is -0.200. The van der Waals surface area contributed by atoms with Crippen LogP contribution in [0.2, 0.25) is 0 Å². The molecule has 1 amide bonds. The molecule has 1 unspecified atom stereocenters. The number of carbonyl (C=O) groups excluding carboxylic acids is 1. The van der Waals surface area contributed by atoms with Crippen molar-refractivity contribution in [3.05, 3.63) is 18.2 Å². The van der Waals surface area contributed by atoms with Crippen LogP contribution in [0.3, 0.4) is 0 Å². The topological polar surface area (TPSA) is 57.8 Å². The van der Waals surface area contributed by atoms with E-state index in [-0.39, 0.29) is 10.7 Å². The number of aromatic amines is 1. The summed E-state index contributed by atoms with van der Waals surface area (Å²) in [5.74, 6) is 1.28. The van der Waals surface area contributed by atoms with Crippen molar-refractivity contribution in [2.75, 3.05) is 12.3 Å². The van der Waals surface area contributed by atoms with Gasteiger partial charge in [-0.1, -0.05) is 0 Å². The second-order valence-corrected chi connectivity index (χ2v) is 5.86. The largest absolute Gasteiger partial charge is 0.355 e. The molecule has 0 bridgehead atoms. The molecule has 0 spiro atoms. The average Bonchev–Trinajstić information content (AvgIpc) is 2.90. The van der Waals surface area contributed by atoms with Crippen molar-refractivity contribution >= 4 is 17.7 Å². The summed E-state index contributed by atoms with van der Waals surface area (Å²) in [7, 11) is 0. The minimum atomic E-state index is -0.200. The van der Waals surface area contributed by atoms with Gasteiger partial charge in [-0.25, -0.2) is 4.98 Å². The summed E-state index contributed by atoms with van der Waals surface area (Å²) in [5, 5.41) is 3.00. The number of thioether (sulfide) groups is 1. The maximum absolute atomic E-state index is 11.9. The minimum Gasteiger partial charge on any atom is -0.355 e. The zero-order chi connectivity index (χ0) is 11.4. The Labute approximate surface area is 99.6 Å². The number of imidazole rings is 1. The van der Waals surface area contributed by atoms with Gasteiger partial charge in [-0.2, -0.15) is 0 Å². The Morgan fingerprint density at radius 3 is 3.25 bits per heavy atom. The molecule has 0 radical (unpaired) electrons. The van der Waals surface area contributed by atoms with Gasteiger partial charge in [-0.15, -0.1) is 11.8 Å². The fourth-order valence-electron chi connectivity index (χ4n) is 1.88. The van der Waals surface area contributed by atoms with E-state index >= 15 is 0 Å². The fourth-order valence-corrected chi connectivity index (χ4v) is 3.11. The van der Waals surface area contributed by atoms with E-state index in [0.29, 0.717) is 6.54 Å². The summed E-state index contributed by atoms with van der Waals surface area (Å²) in [5.41, 5.74) is 1.06. The van der Waals surface area contributed by atoms with Crippen LogP contribution in [0, 0.1) is 0 Å². The van der Waals surface area contributed by atoms with Crippen LogP contribution in [0.1, 0.15) is 25.5 Å². The van der Waals surface area contributed by atoms with E-state index in [2.05, 4.69) is 15.3 Å². The monoisotopic (exact) mass is 239 g/mol. The van der Waals surface area contributed by atoms with Gasteiger partial charge in [0.2, 0.25) is 5.91 Å². The van der Waals surface area contributed by atoms with Crippen LogP contribution in [0.25, 0.3) is 0 Å². The third-order valence-corrected chi connectivity index (χ3v) is 4.45. The van der Waals surface area contributed by atoms with Crippen molar-refractivity contribution in [1.82, 2.24) is 15.3 Å². The lowest BCUT2D eigenvalue weighted by atomic mass is 10.0. The summed E-state index contributed by atoms with van der Waals surface area (Å²) >= 11 is 1.77. The molecular formula is C11H17N3OS. The lowest BCUT2D eigenvalue weighted by molar-refractivity contribution is -0.123. The number of hydrogen-bond donors (Lipinski definition) is 2. The van der Waals surface area contributed by atoms with Crippen LogP contribution in [-0.2, 0) is 11.2 Å². The number of rotatable bonds is 4. The highest BCUT2D eigenvalue weighted by Crippen LogP contribution is 2.37. The standard InChI is InChI=1S/C11H17N3OS/c1-11(4-2-6-16-11)10(15)13-5-3-9-7-12-8-14-9/h7-8H,2-6H2,1H3,(H,12,14)(H,13,15). The van der Waals surface area contributed by atoms with Crippen molar-refractivity contribution < 1.29 is 4.79 Å². The molecular weight excluding hydrogens is 222 g/mol. The maximum atomic E-state index is 11.9. The zero-order valence-corrected chi connectivity index (χ0v) is 10.3. The molecule has 1 atom stereocenters. The number of aromatic nitrogens is 2. The Balaban J connectivity index is 1.75. The number of nitrogens with one attached hydrogen (secondary N) is 2. The van der Waals surface area contributed by atoms with Gasteiger partial charge in [0.25, 0.3) is 0 Å². The van der Waals surface area contributed by atoms with Gasteiger partial charge in [-0.3, -0.25) is 4.79 Å². The molecule has 1 aromatic rings.